The number of amides is 2. The number of quaternary nitrogens is 1. The first kappa shape index (κ1) is 24.3. The van der Waals surface area contributed by atoms with Crippen LogP contribution in [-0.4, -0.2) is 138 Å². The first-order valence-electron chi connectivity index (χ1n) is 10.0. The molecule has 0 aromatic rings. The lowest BCUT2D eigenvalue weighted by Gasteiger charge is -2.31. The number of hydrogen-bond acceptors (Lipinski definition) is 10. The Kier molecular flexibility index (Phi) is 8.82. The molecule has 2 aliphatic rings. The summed E-state index contributed by atoms with van der Waals surface area (Å²) in [5, 5.41) is 19.2. The van der Waals surface area contributed by atoms with Gasteiger partial charge in [-0.3, -0.25) is 14.6 Å². The summed E-state index contributed by atoms with van der Waals surface area (Å²) in [5.41, 5.74) is 0. The summed E-state index contributed by atoms with van der Waals surface area (Å²) in [5.74, 6) is -3.54. The second-order valence-corrected chi connectivity index (χ2v) is 7.88. The lowest BCUT2D eigenvalue weighted by Crippen LogP contribution is -2.52. The molecule has 0 spiro atoms. The molecule has 2 heterocycles. The summed E-state index contributed by atoms with van der Waals surface area (Å²) in [7, 11) is 3.97. The van der Waals surface area contributed by atoms with E-state index in [2.05, 4.69) is 9.80 Å². The number of carbonyl (C=O) groups excluding carboxylic acids is 3. The maximum Gasteiger partial charge on any atom is 0.397 e. The van der Waals surface area contributed by atoms with E-state index in [1.54, 1.807) is 9.80 Å². The van der Waals surface area contributed by atoms with Crippen molar-refractivity contribution in [1.82, 2.24) is 19.6 Å². The molecule has 30 heavy (non-hydrogen) atoms. The molecule has 0 saturated carbocycles. The molecule has 0 aromatic carbocycles. The van der Waals surface area contributed by atoms with Gasteiger partial charge in [0.25, 0.3) is 0 Å². The molecule has 2 rings (SSSR count). The van der Waals surface area contributed by atoms with E-state index in [1.807, 2.05) is 14.1 Å². The van der Waals surface area contributed by atoms with Crippen molar-refractivity contribution >= 4 is 23.8 Å². The second kappa shape index (κ2) is 10.9. The molecule has 0 atom stereocenters. The van der Waals surface area contributed by atoms with Crippen molar-refractivity contribution in [2.45, 2.75) is 12.8 Å². The summed E-state index contributed by atoms with van der Waals surface area (Å²) in [6.45, 7) is 4.59. The van der Waals surface area contributed by atoms with Crippen molar-refractivity contribution in [3.63, 3.8) is 0 Å². The molecular weight excluding hydrogens is 398 g/mol. The number of aliphatic carboxylic acids is 1. The molecule has 2 aliphatic heterocycles. The predicted octanol–water partition coefficient (Wildman–Crippen LogP) is -1.94. The Hall–Kier alpha value is -1.96. The van der Waals surface area contributed by atoms with Crippen LogP contribution >= 0.6 is 0 Å². The standard InChI is InChI=1S/C18H31N5O7/c1-19-5-6-20(2)8-10-22(12-11-21(9-7-19)13-17(26)27)14-18(28)30-23(29)15(24)3-4-16(23)25/h29H,3-14H2,1-2H3/p+1. The van der Waals surface area contributed by atoms with Gasteiger partial charge in [-0.15, -0.1) is 0 Å². The number of carboxylic acids is 1. The molecule has 12 heteroatoms. The number of carbonyl (C=O) groups is 4. The molecule has 2 saturated heterocycles. The molecule has 2 N–H and O–H groups in total. The van der Waals surface area contributed by atoms with E-state index in [0.29, 0.717) is 32.7 Å². The van der Waals surface area contributed by atoms with Crippen LogP contribution in [0.3, 0.4) is 0 Å². The van der Waals surface area contributed by atoms with Crippen LogP contribution in [0.5, 0.6) is 0 Å². The molecule has 170 valence electrons. The second-order valence-electron chi connectivity index (χ2n) is 7.88. The topological polar surface area (TPSA) is 131 Å². The van der Waals surface area contributed by atoms with Crippen molar-refractivity contribution in [2.24, 2.45) is 0 Å². The SMILES string of the molecule is CN1CCN(C)CCN(CC(=O)O[N+]2(O)C(=O)CCC2=O)CCN(CC(=O)O)CC1. The molecular formula is C18H32N5O7+. The van der Waals surface area contributed by atoms with Crippen molar-refractivity contribution in [3.8, 4) is 0 Å². The Morgan fingerprint density at radius 1 is 0.833 bits per heavy atom. The molecule has 0 aromatic heterocycles. The number of imide groups is 1. The van der Waals surface area contributed by atoms with Gasteiger partial charge in [0.05, 0.1) is 19.4 Å². The summed E-state index contributed by atoms with van der Waals surface area (Å²) in [6.07, 6.45) is -0.342. The van der Waals surface area contributed by atoms with E-state index in [1.165, 1.54) is 0 Å². The number of nitrogens with zero attached hydrogens (tertiary/aromatic N) is 5. The fourth-order valence-corrected chi connectivity index (χ4v) is 3.32. The van der Waals surface area contributed by atoms with Crippen LogP contribution < -0.4 is 0 Å². The zero-order chi connectivity index (χ0) is 22.3. The number of hydroxylamine groups is 4. The highest BCUT2D eigenvalue weighted by molar-refractivity contribution is 5.91. The number of carboxylic acid groups (broad SMARTS) is 1. The monoisotopic (exact) mass is 430 g/mol. The van der Waals surface area contributed by atoms with Gasteiger partial charge in [-0.05, 0) is 14.1 Å². The Morgan fingerprint density at radius 3 is 1.70 bits per heavy atom. The largest absolute Gasteiger partial charge is 0.480 e. The minimum absolute atomic E-state index is 0.105. The normalized spacial score (nSPS) is 23.7. The third kappa shape index (κ3) is 7.07. The first-order chi connectivity index (χ1) is 14.1. The van der Waals surface area contributed by atoms with E-state index in [4.69, 9.17) is 9.94 Å². The van der Waals surface area contributed by atoms with Crippen LogP contribution in [0.15, 0.2) is 0 Å². The molecule has 12 nitrogen and oxygen atoms in total. The molecule has 0 radical (unpaired) electrons. The predicted molar refractivity (Wildman–Crippen MR) is 103 cm³/mol. The lowest BCUT2D eigenvalue weighted by atomic mass is 10.3. The van der Waals surface area contributed by atoms with Gasteiger partial charge < -0.3 is 14.9 Å². The fraction of sp³-hybridized carbons (Fsp3) is 0.778. The van der Waals surface area contributed by atoms with Gasteiger partial charge in [0.2, 0.25) is 0 Å². The number of likely N-dealkylation sites (N-methyl/N-ethyl adjacent to an activating group) is 2. The Bertz CT molecular complexity index is 643. The van der Waals surface area contributed by atoms with Gasteiger partial charge in [0, 0.05) is 52.4 Å². The highest BCUT2D eigenvalue weighted by Gasteiger charge is 2.55. The summed E-state index contributed by atoms with van der Waals surface area (Å²) in [4.78, 5) is 57.7. The van der Waals surface area contributed by atoms with Crippen molar-refractivity contribution in [2.75, 3.05) is 79.5 Å². The maximum absolute atomic E-state index is 12.4. The quantitative estimate of drug-likeness (QED) is 0.287. The molecule has 0 bridgehead atoms. The Morgan fingerprint density at radius 2 is 1.23 bits per heavy atom. The van der Waals surface area contributed by atoms with Crippen LogP contribution in [0.2, 0.25) is 0 Å². The van der Waals surface area contributed by atoms with Crippen molar-refractivity contribution < 1.29 is 39.1 Å². The zero-order valence-corrected chi connectivity index (χ0v) is 17.7. The molecule has 2 amide bonds. The van der Waals surface area contributed by atoms with Crippen LogP contribution in [-0.2, 0) is 24.0 Å². The van der Waals surface area contributed by atoms with Gasteiger partial charge in [-0.25, -0.2) is 19.2 Å². The van der Waals surface area contributed by atoms with Gasteiger partial charge in [0.15, 0.2) is 0 Å². The van der Waals surface area contributed by atoms with Gasteiger partial charge >= 0.3 is 23.8 Å². The average Bonchev–Trinajstić information content (AvgIpc) is 2.91. The maximum atomic E-state index is 12.4. The third-order valence-corrected chi connectivity index (χ3v) is 5.37. The van der Waals surface area contributed by atoms with Crippen LogP contribution in [0.25, 0.3) is 0 Å². The van der Waals surface area contributed by atoms with Gasteiger partial charge in [-0.2, -0.15) is 5.21 Å². The first-order valence-corrected chi connectivity index (χ1v) is 10.0. The van der Waals surface area contributed by atoms with Crippen LogP contribution in [0.1, 0.15) is 12.8 Å². The highest BCUT2D eigenvalue weighted by atomic mass is 17.0. The van der Waals surface area contributed by atoms with Crippen molar-refractivity contribution in [3.05, 3.63) is 0 Å². The molecule has 0 unspecified atom stereocenters. The van der Waals surface area contributed by atoms with Crippen LogP contribution in [0.4, 0.5) is 0 Å². The van der Waals surface area contributed by atoms with Crippen molar-refractivity contribution in [1.29, 1.82) is 0 Å². The van der Waals surface area contributed by atoms with E-state index < -0.39 is 28.6 Å². The third-order valence-electron chi connectivity index (χ3n) is 5.37. The average molecular weight is 430 g/mol. The summed E-state index contributed by atoms with van der Waals surface area (Å²) < 4.78 is 0. The minimum atomic E-state index is -1.93. The number of hydrogen-bond donors (Lipinski definition) is 2. The van der Waals surface area contributed by atoms with E-state index in [-0.39, 0.29) is 25.9 Å². The summed E-state index contributed by atoms with van der Waals surface area (Å²) in [6, 6.07) is 0. The zero-order valence-electron chi connectivity index (χ0n) is 17.7. The summed E-state index contributed by atoms with van der Waals surface area (Å²) >= 11 is 0. The smallest absolute Gasteiger partial charge is 0.397 e. The van der Waals surface area contributed by atoms with E-state index in [0.717, 1.165) is 19.6 Å². The van der Waals surface area contributed by atoms with Gasteiger partial charge in [0.1, 0.15) is 11.4 Å². The minimum Gasteiger partial charge on any atom is -0.480 e. The molecule has 2 fully saturated rings. The lowest BCUT2D eigenvalue weighted by molar-refractivity contribution is -1.12. The highest BCUT2D eigenvalue weighted by Crippen LogP contribution is 2.20. The molecule has 0 aliphatic carbocycles. The van der Waals surface area contributed by atoms with Crippen LogP contribution in [0, 0.1) is 0 Å². The van der Waals surface area contributed by atoms with E-state index >= 15 is 0 Å². The van der Waals surface area contributed by atoms with Gasteiger partial charge in [-0.1, -0.05) is 0 Å². The Balaban J connectivity index is 2.01. The van der Waals surface area contributed by atoms with E-state index in [9.17, 15) is 24.4 Å². The Labute approximate surface area is 175 Å². The fourth-order valence-electron chi connectivity index (χ4n) is 3.32. The number of rotatable bonds is 5.